The number of amides is 1. The summed E-state index contributed by atoms with van der Waals surface area (Å²) < 4.78 is 19.4. The van der Waals surface area contributed by atoms with Gasteiger partial charge in [0.2, 0.25) is 5.91 Å². The van der Waals surface area contributed by atoms with Crippen LogP contribution in [-0.4, -0.2) is 36.5 Å². The molecule has 0 aromatic heterocycles. The highest BCUT2D eigenvalue weighted by atomic mass is 19.1. The average molecular weight is 325 g/mol. The van der Waals surface area contributed by atoms with Crippen molar-refractivity contribution in [1.82, 2.24) is 0 Å². The molecule has 0 aliphatic carbocycles. The molecule has 0 spiro atoms. The van der Waals surface area contributed by atoms with Crippen LogP contribution in [0.1, 0.15) is 25.8 Å². The van der Waals surface area contributed by atoms with Crippen molar-refractivity contribution in [3.05, 3.63) is 29.6 Å². The molecule has 7 nitrogen and oxygen atoms in total. The van der Waals surface area contributed by atoms with E-state index >= 15 is 0 Å². The van der Waals surface area contributed by atoms with Crippen LogP contribution < -0.4 is 11.1 Å². The number of carboxylic acid groups (broad SMARTS) is 1. The van der Waals surface area contributed by atoms with Crippen molar-refractivity contribution in [2.24, 2.45) is 10.7 Å². The number of aliphatic imine (C=N–C) groups is 1. The van der Waals surface area contributed by atoms with Crippen LogP contribution in [0.5, 0.6) is 0 Å². The van der Waals surface area contributed by atoms with Crippen molar-refractivity contribution < 1.29 is 23.8 Å². The lowest BCUT2D eigenvalue weighted by atomic mass is 9.92. The van der Waals surface area contributed by atoms with Crippen LogP contribution in [0.4, 0.5) is 10.1 Å². The number of ether oxygens (including phenoxy) is 1. The van der Waals surface area contributed by atoms with Crippen LogP contribution in [-0.2, 0) is 19.9 Å². The Bertz CT molecular complexity index is 606. The molecule has 1 aliphatic heterocycles. The Labute approximate surface area is 133 Å². The summed E-state index contributed by atoms with van der Waals surface area (Å²) in [6.07, 6.45) is 0.359. The van der Waals surface area contributed by atoms with Gasteiger partial charge in [-0.05, 0) is 25.1 Å². The molecule has 0 unspecified atom stereocenters. The fraction of sp³-hybridized carbons (Fsp3) is 0.400. The van der Waals surface area contributed by atoms with Gasteiger partial charge in [0.05, 0.1) is 6.61 Å². The minimum atomic E-state index is -0.876. The van der Waals surface area contributed by atoms with Gasteiger partial charge in [0, 0.05) is 17.7 Å². The normalized spacial score (nSPS) is 19.9. The van der Waals surface area contributed by atoms with Crippen LogP contribution in [0.15, 0.2) is 23.2 Å². The minimum Gasteiger partial charge on any atom is -0.483 e. The second kappa shape index (κ2) is 8.23. The number of carbonyl (C=O) groups excluding carboxylic acids is 1. The van der Waals surface area contributed by atoms with Gasteiger partial charge in [0.25, 0.3) is 6.47 Å². The van der Waals surface area contributed by atoms with Crippen molar-refractivity contribution in [2.45, 2.75) is 25.8 Å². The van der Waals surface area contributed by atoms with Crippen LogP contribution >= 0.6 is 0 Å². The summed E-state index contributed by atoms with van der Waals surface area (Å²) in [6, 6.07) is 4.41. The lowest BCUT2D eigenvalue weighted by Crippen LogP contribution is -2.38. The lowest BCUT2D eigenvalue weighted by molar-refractivity contribution is -0.123. The molecule has 0 fully saturated rings. The number of nitrogens with two attached hydrogens (primary N) is 1. The number of carbonyl (C=O) groups is 2. The number of hydrogen-bond donors (Lipinski definition) is 3. The maximum absolute atomic E-state index is 14.1. The molecule has 23 heavy (non-hydrogen) atoms. The molecular formula is C15H20FN3O4. The first-order valence-corrected chi connectivity index (χ1v) is 6.96. The second-order valence-electron chi connectivity index (χ2n) is 5.07. The maximum atomic E-state index is 14.1. The summed E-state index contributed by atoms with van der Waals surface area (Å²) in [4.78, 5) is 24.1. The van der Waals surface area contributed by atoms with E-state index in [1.54, 1.807) is 19.9 Å². The molecular weight excluding hydrogens is 305 g/mol. The number of anilines is 1. The van der Waals surface area contributed by atoms with E-state index in [9.17, 15) is 9.18 Å². The highest BCUT2D eigenvalue weighted by Gasteiger charge is 2.32. The van der Waals surface area contributed by atoms with Gasteiger partial charge in [-0.15, -0.1) is 0 Å². The molecule has 1 amide bonds. The predicted octanol–water partition coefficient (Wildman–Crippen LogP) is 1.48. The average Bonchev–Trinajstić information content (AvgIpc) is 2.49. The van der Waals surface area contributed by atoms with Crippen LogP contribution in [0.2, 0.25) is 0 Å². The third-order valence-electron chi connectivity index (χ3n) is 3.17. The van der Waals surface area contributed by atoms with Gasteiger partial charge in [-0.3, -0.25) is 14.6 Å². The van der Waals surface area contributed by atoms with Crippen LogP contribution in [0.25, 0.3) is 0 Å². The van der Waals surface area contributed by atoms with Gasteiger partial charge in [-0.2, -0.15) is 0 Å². The molecule has 1 aromatic carbocycles. The SMILES string of the molecule is CCC(=O)Nc1ccc(F)c([C@]2(C)COCC(N)=N2)c1.O=CO. The first-order valence-electron chi connectivity index (χ1n) is 6.96. The molecule has 4 N–H and O–H groups in total. The lowest BCUT2D eigenvalue weighted by Gasteiger charge is -2.30. The molecule has 0 saturated heterocycles. The molecule has 0 radical (unpaired) electrons. The van der Waals surface area contributed by atoms with E-state index in [4.69, 9.17) is 20.4 Å². The Morgan fingerprint density at radius 3 is 2.83 bits per heavy atom. The van der Waals surface area contributed by atoms with E-state index in [2.05, 4.69) is 10.3 Å². The molecule has 1 aromatic rings. The number of nitrogens with zero attached hydrogens (tertiary/aromatic N) is 1. The summed E-state index contributed by atoms with van der Waals surface area (Å²) in [5, 5.41) is 9.59. The van der Waals surface area contributed by atoms with Gasteiger partial charge < -0.3 is 20.9 Å². The fourth-order valence-corrected chi connectivity index (χ4v) is 2.14. The van der Waals surface area contributed by atoms with Gasteiger partial charge >= 0.3 is 0 Å². The Balaban J connectivity index is 0.000000816. The van der Waals surface area contributed by atoms with E-state index < -0.39 is 11.4 Å². The molecule has 8 heteroatoms. The summed E-state index contributed by atoms with van der Waals surface area (Å²) >= 11 is 0. The van der Waals surface area contributed by atoms with E-state index in [0.29, 0.717) is 23.5 Å². The summed E-state index contributed by atoms with van der Waals surface area (Å²) in [5.74, 6) is -0.194. The zero-order valence-corrected chi connectivity index (χ0v) is 13.0. The standard InChI is InChI=1S/C14H18FN3O2.CH2O2/c1-3-13(19)17-9-4-5-11(15)10(6-9)14(2)8-20-7-12(16)18-14;2-1-3/h4-6H,3,7-8H2,1-2H3,(H2,16,18)(H,17,19);1H,(H,2,3)/t14-;/m0./s1. The first-order chi connectivity index (χ1) is 10.9. The number of benzene rings is 1. The third kappa shape index (κ3) is 5.03. The van der Waals surface area contributed by atoms with Crippen molar-refractivity contribution in [2.75, 3.05) is 18.5 Å². The zero-order chi connectivity index (χ0) is 17.5. The number of rotatable bonds is 3. The quantitative estimate of drug-likeness (QED) is 0.728. The third-order valence-corrected chi connectivity index (χ3v) is 3.17. The minimum absolute atomic E-state index is 0.129. The monoisotopic (exact) mass is 325 g/mol. The summed E-state index contributed by atoms with van der Waals surface area (Å²) in [7, 11) is 0. The first kappa shape index (κ1) is 18.6. The topological polar surface area (TPSA) is 114 Å². The van der Waals surface area contributed by atoms with Gasteiger partial charge in [-0.25, -0.2) is 4.39 Å². The number of amidine groups is 1. The van der Waals surface area contributed by atoms with Crippen LogP contribution in [0.3, 0.4) is 0 Å². The van der Waals surface area contributed by atoms with Gasteiger partial charge in [0.15, 0.2) is 0 Å². The molecule has 0 saturated carbocycles. The fourth-order valence-electron chi connectivity index (χ4n) is 2.14. The summed E-state index contributed by atoms with van der Waals surface area (Å²) in [5.41, 5.74) is 5.69. The van der Waals surface area contributed by atoms with E-state index in [0.717, 1.165) is 0 Å². The van der Waals surface area contributed by atoms with E-state index in [-0.39, 0.29) is 25.6 Å². The van der Waals surface area contributed by atoms with Crippen LogP contribution in [0, 0.1) is 5.82 Å². The molecule has 2 rings (SSSR count). The zero-order valence-electron chi connectivity index (χ0n) is 13.0. The summed E-state index contributed by atoms with van der Waals surface area (Å²) in [6.45, 7) is 3.75. The van der Waals surface area contributed by atoms with Crippen molar-refractivity contribution in [3.63, 3.8) is 0 Å². The largest absolute Gasteiger partial charge is 0.483 e. The van der Waals surface area contributed by atoms with E-state index in [1.165, 1.54) is 12.1 Å². The van der Waals surface area contributed by atoms with E-state index in [1.807, 2.05) is 0 Å². The Morgan fingerprint density at radius 1 is 1.61 bits per heavy atom. The number of halogens is 1. The molecule has 1 heterocycles. The van der Waals surface area contributed by atoms with Gasteiger partial charge in [-0.1, -0.05) is 6.92 Å². The smallest absolute Gasteiger partial charge is 0.290 e. The highest BCUT2D eigenvalue weighted by Crippen LogP contribution is 2.32. The number of hydrogen-bond acceptors (Lipinski definition) is 5. The maximum Gasteiger partial charge on any atom is 0.290 e. The Kier molecular flexibility index (Phi) is 6.65. The molecule has 1 atom stereocenters. The van der Waals surface area contributed by atoms with Crippen molar-refractivity contribution >= 4 is 23.9 Å². The molecule has 1 aliphatic rings. The number of nitrogens with one attached hydrogen (secondary N) is 1. The Hall–Kier alpha value is -2.48. The van der Waals surface area contributed by atoms with Gasteiger partial charge in [0.1, 0.15) is 23.8 Å². The second-order valence-corrected chi connectivity index (χ2v) is 5.07. The molecule has 0 bridgehead atoms. The molecule has 126 valence electrons. The Morgan fingerprint density at radius 2 is 2.26 bits per heavy atom. The van der Waals surface area contributed by atoms with Crippen molar-refractivity contribution in [1.29, 1.82) is 0 Å². The predicted molar refractivity (Wildman–Crippen MR) is 83.8 cm³/mol. The van der Waals surface area contributed by atoms with Crippen molar-refractivity contribution in [3.8, 4) is 0 Å². The highest BCUT2D eigenvalue weighted by molar-refractivity contribution is 5.90.